The van der Waals surface area contributed by atoms with Crippen LogP contribution in [0.5, 0.6) is 5.75 Å². The molecule has 0 bridgehead atoms. The van der Waals surface area contributed by atoms with Gasteiger partial charge in [-0.2, -0.15) is 0 Å². The molecule has 0 saturated carbocycles. The lowest BCUT2D eigenvalue weighted by molar-refractivity contribution is 0.0941. The van der Waals surface area contributed by atoms with Crippen LogP contribution in [0, 0.1) is 5.82 Å². The van der Waals surface area contributed by atoms with E-state index in [2.05, 4.69) is 20.5 Å². The molecule has 162 valence electrons. The second kappa shape index (κ2) is 8.26. The molecule has 1 atom stereocenters. The molecule has 3 heterocycles. The fraction of sp³-hybridized carbons (Fsp3) is 0.350. The molecule has 0 radical (unpaired) electrons. The van der Waals surface area contributed by atoms with Crippen LogP contribution in [0.25, 0.3) is 11.4 Å². The topological polar surface area (TPSA) is 124 Å². The van der Waals surface area contributed by atoms with Crippen LogP contribution in [-0.4, -0.2) is 48.5 Å². The first-order chi connectivity index (χ1) is 14.9. The van der Waals surface area contributed by atoms with Gasteiger partial charge < -0.3 is 19.7 Å². The van der Waals surface area contributed by atoms with Gasteiger partial charge in [0.2, 0.25) is 5.75 Å². The highest BCUT2D eigenvalue weighted by molar-refractivity contribution is 5.94. The van der Waals surface area contributed by atoms with Crippen LogP contribution in [-0.2, 0) is 25.4 Å². The van der Waals surface area contributed by atoms with E-state index < -0.39 is 23.0 Å². The van der Waals surface area contributed by atoms with Gasteiger partial charge in [-0.3, -0.25) is 14.2 Å². The zero-order valence-electron chi connectivity index (χ0n) is 17.0. The summed E-state index contributed by atoms with van der Waals surface area (Å²) in [5, 5.41) is 20.7. The van der Waals surface area contributed by atoms with Gasteiger partial charge >= 0.3 is 0 Å². The van der Waals surface area contributed by atoms with Crippen LogP contribution >= 0.6 is 0 Å². The molecular formula is C20H21FN6O4. The Hall–Kier alpha value is -3.60. The Morgan fingerprint density at radius 1 is 1.39 bits per heavy atom. The Labute approximate surface area is 176 Å². The molecule has 0 aliphatic carbocycles. The second-order valence-corrected chi connectivity index (χ2v) is 7.34. The van der Waals surface area contributed by atoms with E-state index in [1.807, 2.05) is 0 Å². The van der Waals surface area contributed by atoms with Crippen LogP contribution in [0.15, 0.2) is 29.3 Å². The van der Waals surface area contributed by atoms with Crippen molar-refractivity contribution in [2.24, 2.45) is 14.1 Å². The number of rotatable bonds is 5. The molecule has 2 N–H and O–H groups in total. The maximum absolute atomic E-state index is 13.8. The smallest absolute Gasteiger partial charge is 0.296 e. The molecule has 4 rings (SSSR count). The summed E-state index contributed by atoms with van der Waals surface area (Å²) in [5.41, 5.74) is -0.0141. The summed E-state index contributed by atoms with van der Waals surface area (Å²) in [6.45, 7) is 0.931. The molecule has 0 spiro atoms. The van der Waals surface area contributed by atoms with Crippen LogP contribution in [0.4, 0.5) is 4.39 Å². The van der Waals surface area contributed by atoms with Crippen molar-refractivity contribution in [1.82, 2.24) is 29.6 Å². The highest BCUT2D eigenvalue weighted by Gasteiger charge is 2.27. The summed E-state index contributed by atoms with van der Waals surface area (Å²) in [6, 6.07) is 4.10. The number of aryl methyl sites for hydroxylation is 1. The minimum Gasteiger partial charge on any atom is -0.501 e. The second-order valence-electron chi connectivity index (χ2n) is 7.34. The molecule has 1 aliphatic heterocycles. The van der Waals surface area contributed by atoms with Crippen molar-refractivity contribution in [3.63, 3.8) is 0 Å². The lowest BCUT2D eigenvalue weighted by Gasteiger charge is -2.15. The first kappa shape index (κ1) is 20.7. The zero-order valence-corrected chi connectivity index (χ0v) is 17.0. The number of halogens is 1. The molecular weight excluding hydrogens is 407 g/mol. The molecule has 1 aromatic carbocycles. The third-order valence-electron chi connectivity index (χ3n) is 5.28. The molecule has 2 aromatic heterocycles. The van der Waals surface area contributed by atoms with Crippen molar-refractivity contribution in [2.75, 3.05) is 13.2 Å². The minimum absolute atomic E-state index is 0.000487. The number of hydrogen-bond acceptors (Lipinski definition) is 7. The van der Waals surface area contributed by atoms with Gasteiger partial charge in [-0.1, -0.05) is 6.07 Å². The number of amides is 1. The van der Waals surface area contributed by atoms with E-state index in [1.165, 1.54) is 36.1 Å². The van der Waals surface area contributed by atoms with Gasteiger partial charge in [-0.15, -0.1) is 10.2 Å². The molecule has 1 unspecified atom stereocenters. The largest absolute Gasteiger partial charge is 0.501 e. The summed E-state index contributed by atoms with van der Waals surface area (Å²) < 4.78 is 22.0. The van der Waals surface area contributed by atoms with E-state index in [4.69, 9.17) is 4.74 Å². The van der Waals surface area contributed by atoms with Gasteiger partial charge in [0, 0.05) is 38.7 Å². The van der Waals surface area contributed by atoms with Crippen molar-refractivity contribution < 1.29 is 19.0 Å². The number of carbonyl (C=O) groups excluding carboxylic acids is 1. The van der Waals surface area contributed by atoms with Crippen LogP contribution < -0.4 is 10.9 Å². The van der Waals surface area contributed by atoms with Crippen molar-refractivity contribution >= 4 is 5.91 Å². The van der Waals surface area contributed by atoms with Gasteiger partial charge in [0.25, 0.3) is 11.5 Å². The first-order valence-corrected chi connectivity index (χ1v) is 9.65. The van der Waals surface area contributed by atoms with E-state index in [-0.39, 0.29) is 18.2 Å². The summed E-state index contributed by atoms with van der Waals surface area (Å²) in [7, 11) is 3.22. The monoisotopic (exact) mass is 428 g/mol. The SMILES string of the molecule is Cn1cnnc1-c1cc(F)ccc1CNC(=O)c1nc(C2CCOC2)n(C)c(=O)c1O. The van der Waals surface area contributed by atoms with E-state index in [1.54, 1.807) is 11.6 Å². The van der Waals surface area contributed by atoms with Crippen molar-refractivity contribution in [2.45, 2.75) is 18.9 Å². The predicted molar refractivity (Wildman–Crippen MR) is 107 cm³/mol. The Morgan fingerprint density at radius 3 is 2.87 bits per heavy atom. The summed E-state index contributed by atoms with van der Waals surface area (Å²) in [4.78, 5) is 29.5. The van der Waals surface area contributed by atoms with Gasteiger partial charge in [-0.05, 0) is 24.1 Å². The van der Waals surface area contributed by atoms with E-state index in [0.29, 0.717) is 42.4 Å². The van der Waals surface area contributed by atoms with Gasteiger partial charge in [0.1, 0.15) is 18.0 Å². The first-order valence-electron chi connectivity index (χ1n) is 9.65. The summed E-state index contributed by atoms with van der Waals surface area (Å²) in [6.07, 6.45) is 2.15. The van der Waals surface area contributed by atoms with Crippen LogP contribution in [0.2, 0.25) is 0 Å². The number of carbonyl (C=O) groups is 1. The predicted octanol–water partition coefficient (Wildman–Crippen LogP) is 0.854. The molecule has 10 nitrogen and oxygen atoms in total. The zero-order chi connectivity index (χ0) is 22.1. The number of aromatic hydroxyl groups is 1. The van der Waals surface area contributed by atoms with Gasteiger partial charge in [0.15, 0.2) is 11.5 Å². The number of nitrogens with one attached hydrogen (secondary N) is 1. The number of ether oxygens (including phenoxy) is 1. The molecule has 11 heteroatoms. The lowest BCUT2D eigenvalue weighted by Crippen LogP contribution is -2.31. The number of aromatic nitrogens is 5. The van der Waals surface area contributed by atoms with E-state index in [9.17, 15) is 19.1 Å². The Kier molecular flexibility index (Phi) is 5.51. The van der Waals surface area contributed by atoms with Gasteiger partial charge in [0.05, 0.1) is 6.61 Å². The molecule has 1 saturated heterocycles. The standard InChI is InChI=1S/C20H21FN6O4/c1-26-10-23-25-18(26)14-7-13(21)4-3-11(14)8-22-19(29)15-16(28)20(30)27(2)17(24-15)12-5-6-31-9-12/h3-4,7,10,12,28H,5-6,8-9H2,1-2H3,(H,22,29). The van der Waals surface area contributed by atoms with Crippen molar-refractivity contribution in [1.29, 1.82) is 0 Å². The number of hydrogen-bond donors (Lipinski definition) is 2. The van der Waals surface area contributed by atoms with E-state index in [0.717, 1.165) is 0 Å². The van der Waals surface area contributed by atoms with Crippen LogP contribution in [0.3, 0.4) is 0 Å². The Morgan fingerprint density at radius 2 is 2.19 bits per heavy atom. The highest BCUT2D eigenvalue weighted by Crippen LogP contribution is 2.25. The Bertz CT molecular complexity index is 1200. The molecule has 3 aromatic rings. The molecule has 1 amide bonds. The minimum atomic E-state index is -0.727. The van der Waals surface area contributed by atoms with Crippen LogP contribution in [0.1, 0.15) is 34.2 Å². The van der Waals surface area contributed by atoms with Gasteiger partial charge in [-0.25, -0.2) is 9.37 Å². The summed E-state index contributed by atoms with van der Waals surface area (Å²) in [5.74, 6) is -1.22. The number of benzene rings is 1. The third kappa shape index (κ3) is 3.91. The molecule has 1 fully saturated rings. The maximum atomic E-state index is 13.8. The lowest BCUT2D eigenvalue weighted by atomic mass is 10.1. The van der Waals surface area contributed by atoms with Crippen molar-refractivity contribution in [3.8, 4) is 17.1 Å². The average Bonchev–Trinajstić information content (AvgIpc) is 3.43. The highest BCUT2D eigenvalue weighted by atomic mass is 19.1. The third-order valence-corrected chi connectivity index (χ3v) is 5.28. The normalized spacial score (nSPS) is 15.9. The molecule has 1 aliphatic rings. The summed E-state index contributed by atoms with van der Waals surface area (Å²) >= 11 is 0. The van der Waals surface area contributed by atoms with Crippen molar-refractivity contribution in [3.05, 3.63) is 57.8 Å². The number of nitrogens with zero attached hydrogens (tertiary/aromatic N) is 5. The maximum Gasteiger partial charge on any atom is 0.296 e. The van der Waals surface area contributed by atoms with E-state index >= 15 is 0 Å². The fourth-order valence-electron chi connectivity index (χ4n) is 3.57. The Balaban J connectivity index is 1.62. The quantitative estimate of drug-likeness (QED) is 0.617. The molecule has 31 heavy (non-hydrogen) atoms. The fourth-order valence-corrected chi connectivity index (χ4v) is 3.57. The average molecular weight is 428 g/mol.